The van der Waals surface area contributed by atoms with Crippen molar-refractivity contribution in [2.24, 2.45) is 0 Å². The van der Waals surface area contributed by atoms with E-state index in [9.17, 15) is 5.26 Å². The summed E-state index contributed by atoms with van der Waals surface area (Å²) in [7, 11) is 1.70. The third kappa shape index (κ3) is 3.45. The lowest BCUT2D eigenvalue weighted by Gasteiger charge is -2.35. The van der Waals surface area contributed by atoms with Crippen LogP contribution in [-0.2, 0) is 4.74 Å². The predicted octanol–water partition coefficient (Wildman–Crippen LogP) is 0.810. The molecule has 1 aliphatic carbocycles. The summed E-state index contributed by atoms with van der Waals surface area (Å²) in [4.78, 5) is 0. The fourth-order valence-electron chi connectivity index (χ4n) is 2.13. The minimum absolute atomic E-state index is 0.169. The highest BCUT2D eigenvalue weighted by molar-refractivity contribution is 5.10. The maximum atomic E-state index is 9.22. The molecular weight excluding hydrogens is 192 g/mol. The average Bonchev–Trinajstić information content (AvgIpc) is 2.30. The summed E-state index contributed by atoms with van der Waals surface area (Å²) in [5.74, 6) is 0. The molecule has 0 aliphatic heterocycles. The van der Waals surface area contributed by atoms with Crippen molar-refractivity contribution >= 4 is 0 Å². The van der Waals surface area contributed by atoms with E-state index in [0.717, 1.165) is 25.7 Å². The van der Waals surface area contributed by atoms with Crippen LogP contribution in [0.2, 0.25) is 0 Å². The van der Waals surface area contributed by atoms with Gasteiger partial charge < -0.3 is 9.84 Å². The van der Waals surface area contributed by atoms with E-state index in [2.05, 4.69) is 11.4 Å². The summed E-state index contributed by atoms with van der Waals surface area (Å²) in [5.41, 5.74) is -0.436. The zero-order valence-electron chi connectivity index (χ0n) is 9.33. The fourth-order valence-corrected chi connectivity index (χ4v) is 2.13. The lowest BCUT2D eigenvalue weighted by atomic mass is 9.81. The van der Waals surface area contributed by atoms with Gasteiger partial charge in [-0.1, -0.05) is 0 Å². The monoisotopic (exact) mass is 212 g/mol. The number of aliphatic hydroxyl groups excluding tert-OH is 1. The smallest absolute Gasteiger partial charge is 0.109 e. The molecule has 86 valence electrons. The summed E-state index contributed by atoms with van der Waals surface area (Å²) in [6.45, 7) is 0.864. The Morgan fingerprint density at radius 2 is 2.47 bits per heavy atom. The molecule has 4 heteroatoms. The maximum absolute atomic E-state index is 9.22. The van der Waals surface area contributed by atoms with Gasteiger partial charge in [0.1, 0.15) is 5.54 Å². The summed E-state index contributed by atoms with van der Waals surface area (Å²) in [6, 6.07) is 2.37. The zero-order chi connectivity index (χ0) is 11.1. The Labute approximate surface area is 91.2 Å². The number of methoxy groups -OCH3 is 1. The van der Waals surface area contributed by atoms with Crippen molar-refractivity contribution in [1.82, 2.24) is 5.32 Å². The molecule has 0 spiro atoms. The quantitative estimate of drug-likeness (QED) is 0.662. The molecule has 2 N–H and O–H groups in total. The van der Waals surface area contributed by atoms with E-state index in [0.29, 0.717) is 13.0 Å². The Morgan fingerprint density at radius 1 is 1.67 bits per heavy atom. The molecule has 1 rings (SSSR count). The summed E-state index contributed by atoms with van der Waals surface area (Å²) in [5, 5.41) is 21.2. The highest BCUT2D eigenvalue weighted by atomic mass is 16.5. The van der Waals surface area contributed by atoms with Crippen LogP contribution in [0.25, 0.3) is 0 Å². The molecule has 2 atom stereocenters. The number of ether oxygens (including phenoxy) is 1. The van der Waals surface area contributed by atoms with Crippen molar-refractivity contribution in [3.05, 3.63) is 0 Å². The fraction of sp³-hybridized carbons (Fsp3) is 0.909. The van der Waals surface area contributed by atoms with E-state index >= 15 is 0 Å². The summed E-state index contributed by atoms with van der Waals surface area (Å²) in [6.07, 6.45) is 4.60. The Bertz CT molecular complexity index is 227. The first-order chi connectivity index (χ1) is 7.26. The molecule has 0 bridgehead atoms. The number of nitrogens with zero attached hydrogens (tertiary/aromatic N) is 1. The van der Waals surface area contributed by atoms with Gasteiger partial charge in [-0.3, -0.25) is 5.32 Å². The molecule has 0 heterocycles. The van der Waals surface area contributed by atoms with Gasteiger partial charge in [-0.2, -0.15) is 5.26 Å². The second-order valence-electron chi connectivity index (χ2n) is 4.15. The van der Waals surface area contributed by atoms with Gasteiger partial charge in [0.05, 0.1) is 12.2 Å². The van der Waals surface area contributed by atoms with E-state index in [1.807, 2.05) is 0 Å². The van der Waals surface area contributed by atoms with E-state index in [1.165, 1.54) is 0 Å². The van der Waals surface area contributed by atoms with Crippen LogP contribution in [0.5, 0.6) is 0 Å². The number of nitrogens with one attached hydrogen (secondary N) is 1. The number of hydrogen-bond donors (Lipinski definition) is 2. The number of rotatable bonds is 5. The Balaban J connectivity index is 2.48. The molecule has 2 unspecified atom stereocenters. The highest BCUT2D eigenvalue weighted by Gasteiger charge is 2.35. The Hall–Kier alpha value is -0.630. The lowest BCUT2D eigenvalue weighted by Crippen LogP contribution is -2.49. The minimum Gasteiger partial charge on any atom is -0.396 e. The third-order valence-electron chi connectivity index (χ3n) is 3.05. The van der Waals surface area contributed by atoms with E-state index in [-0.39, 0.29) is 12.7 Å². The van der Waals surface area contributed by atoms with Gasteiger partial charge in [-0.25, -0.2) is 0 Å². The van der Waals surface area contributed by atoms with E-state index < -0.39 is 5.54 Å². The minimum atomic E-state index is -0.436. The van der Waals surface area contributed by atoms with Crippen LogP contribution in [0.3, 0.4) is 0 Å². The maximum Gasteiger partial charge on any atom is 0.109 e. The van der Waals surface area contributed by atoms with Crippen LogP contribution in [-0.4, -0.2) is 37.0 Å². The van der Waals surface area contributed by atoms with Crippen molar-refractivity contribution in [2.45, 2.75) is 43.7 Å². The van der Waals surface area contributed by atoms with Gasteiger partial charge in [0.15, 0.2) is 0 Å². The van der Waals surface area contributed by atoms with Crippen molar-refractivity contribution < 1.29 is 9.84 Å². The normalized spacial score (nSPS) is 31.1. The first kappa shape index (κ1) is 12.4. The molecule has 0 saturated heterocycles. The van der Waals surface area contributed by atoms with Crippen molar-refractivity contribution in [3.8, 4) is 6.07 Å². The molecule has 0 amide bonds. The molecule has 0 radical (unpaired) electrons. The standard InChI is InChI=1S/C11H20N2O2/c1-15-10-4-2-5-11(8-10,9-12)13-6-3-7-14/h10,13-14H,2-8H2,1H3. The molecule has 15 heavy (non-hydrogen) atoms. The molecule has 0 aromatic carbocycles. The van der Waals surface area contributed by atoms with Crippen LogP contribution < -0.4 is 5.32 Å². The van der Waals surface area contributed by atoms with Gasteiger partial charge in [-0.05, 0) is 32.2 Å². The molecule has 1 fully saturated rings. The van der Waals surface area contributed by atoms with Gasteiger partial charge in [0.2, 0.25) is 0 Å². The Morgan fingerprint density at radius 3 is 3.07 bits per heavy atom. The van der Waals surface area contributed by atoms with Gasteiger partial charge in [0.25, 0.3) is 0 Å². The number of aliphatic hydroxyl groups is 1. The SMILES string of the molecule is COC1CCCC(C#N)(NCCCO)C1. The Kier molecular flexibility index (Phi) is 5.03. The number of nitriles is 1. The zero-order valence-corrected chi connectivity index (χ0v) is 9.33. The summed E-state index contributed by atoms with van der Waals surface area (Å²) >= 11 is 0. The molecular formula is C11H20N2O2. The van der Waals surface area contributed by atoms with Crippen LogP contribution in [0, 0.1) is 11.3 Å². The lowest BCUT2D eigenvalue weighted by molar-refractivity contribution is 0.0447. The first-order valence-electron chi connectivity index (χ1n) is 5.56. The molecule has 0 aromatic heterocycles. The molecule has 1 saturated carbocycles. The molecule has 0 aromatic rings. The van der Waals surface area contributed by atoms with E-state index in [1.54, 1.807) is 7.11 Å². The largest absolute Gasteiger partial charge is 0.396 e. The highest BCUT2D eigenvalue weighted by Crippen LogP contribution is 2.29. The van der Waals surface area contributed by atoms with E-state index in [4.69, 9.17) is 9.84 Å². The van der Waals surface area contributed by atoms with Crippen LogP contribution in [0.4, 0.5) is 0 Å². The van der Waals surface area contributed by atoms with Crippen LogP contribution in [0.15, 0.2) is 0 Å². The van der Waals surface area contributed by atoms with Gasteiger partial charge in [0, 0.05) is 20.1 Å². The average molecular weight is 212 g/mol. The van der Waals surface area contributed by atoms with Crippen molar-refractivity contribution in [2.75, 3.05) is 20.3 Å². The third-order valence-corrected chi connectivity index (χ3v) is 3.05. The first-order valence-corrected chi connectivity index (χ1v) is 5.56. The van der Waals surface area contributed by atoms with Crippen LogP contribution in [0.1, 0.15) is 32.1 Å². The summed E-state index contributed by atoms with van der Waals surface area (Å²) < 4.78 is 5.31. The van der Waals surface area contributed by atoms with Gasteiger partial charge >= 0.3 is 0 Å². The topological polar surface area (TPSA) is 65.3 Å². The van der Waals surface area contributed by atoms with Crippen molar-refractivity contribution in [3.63, 3.8) is 0 Å². The number of hydrogen-bond acceptors (Lipinski definition) is 4. The second-order valence-corrected chi connectivity index (χ2v) is 4.15. The van der Waals surface area contributed by atoms with Crippen LogP contribution >= 0.6 is 0 Å². The molecule has 4 nitrogen and oxygen atoms in total. The molecule has 1 aliphatic rings. The van der Waals surface area contributed by atoms with Crippen molar-refractivity contribution in [1.29, 1.82) is 5.26 Å². The van der Waals surface area contributed by atoms with Gasteiger partial charge in [-0.15, -0.1) is 0 Å². The predicted molar refractivity (Wildman–Crippen MR) is 57.3 cm³/mol. The second kappa shape index (κ2) is 6.06.